The minimum absolute atomic E-state index is 0.150. The molecule has 1 aromatic rings. The van der Waals surface area contributed by atoms with Crippen LogP contribution in [0.4, 0.5) is 4.39 Å². The quantitative estimate of drug-likeness (QED) is 0.647. The van der Waals surface area contributed by atoms with E-state index in [2.05, 4.69) is 24.4 Å². The number of methoxy groups -OCH3 is 1. The summed E-state index contributed by atoms with van der Waals surface area (Å²) in [5.41, 5.74) is 3.32. The average molecular weight is 295 g/mol. The minimum Gasteiger partial charge on any atom is -0.497 e. The molecule has 2 rings (SSSR count). The number of nitrogens with two attached hydrogens (primary N) is 1. The van der Waals surface area contributed by atoms with Crippen LogP contribution < -0.4 is 16.0 Å². The zero-order valence-corrected chi connectivity index (χ0v) is 13.2. The molecule has 0 saturated heterocycles. The molecule has 1 fully saturated rings. The van der Waals surface area contributed by atoms with Crippen molar-refractivity contribution in [1.82, 2.24) is 10.3 Å². The normalized spacial score (nSPS) is 19.5. The number of hydrazine groups is 1. The molecule has 0 aromatic heterocycles. The largest absolute Gasteiger partial charge is 0.497 e. The Hall–Kier alpha value is -1.17. The fraction of sp³-hybridized carbons (Fsp3) is 0.625. The average Bonchev–Trinajstić information content (AvgIpc) is 2.50. The molecule has 118 valence electrons. The molecule has 1 aliphatic rings. The van der Waals surface area contributed by atoms with E-state index in [4.69, 9.17) is 10.6 Å². The van der Waals surface area contributed by atoms with E-state index < -0.39 is 0 Å². The molecule has 0 radical (unpaired) electrons. The number of benzene rings is 1. The van der Waals surface area contributed by atoms with E-state index in [-0.39, 0.29) is 17.4 Å². The van der Waals surface area contributed by atoms with Crippen molar-refractivity contribution in [2.45, 2.75) is 43.7 Å². The molecule has 5 heteroatoms. The van der Waals surface area contributed by atoms with Gasteiger partial charge in [0.15, 0.2) is 0 Å². The Balaban J connectivity index is 2.41. The Morgan fingerprint density at radius 1 is 1.29 bits per heavy atom. The highest BCUT2D eigenvalue weighted by molar-refractivity contribution is 5.33. The maximum Gasteiger partial charge on any atom is 0.131 e. The Labute approximate surface area is 126 Å². The van der Waals surface area contributed by atoms with Gasteiger partial charge in [0.1, 0.15) is 11.6 Å². The number of rotatable bonds is 5. The van der Waals surface area contributed by atoms with Crippen molar-refractivity contribution in [3.8, 4) is 5.75 Å². The van der Waals surface area contributed by atoms with E-state index in [0.29, 0.717) is 11.3 Å². The first kappa shape index (κ1) is 16.2. The van der Waals surface area contributed by atoms with E-state index in [1.807, 2.05) is 0 Å². The second-order valence-electron chi connectivity index (χ2n) is 6.05. The number of ether oxygens (including phenoxy) is 1. The van der Waals surface area contributed by atoms with Crippen molar-refractivity contribution in [2.75, 3.05) is 21.2 Å². The summed E-state index contributed by atoms with van der Waals surface area (Å²) in [6.07, 6.45) is 5.56. The van der Waals surface area contributed by atoms with Crippen LogP contribution in [0.1, 0.15) is 43.7 Å². The highest BCUT2D eigenvalue weighted by Crippen LogP contribution is 2.42. The first-order valence-electron chi connectivity index (χ1n) is 7.52. The maximum absolute atomic E-state index is 14.5. The Kier molecular flexibility index (Phi) is 5.19. The molecule has 0 amide bonds. The first-order valence-corrected chi connectivity index (χ1v) is 7.52. The summed E-state index contributed by atoms with van der Waals surface area (Å²) in [6.45, 7) is 0. The van der Waals surface area contributed by atoms with Gasteiger partial charge in [-0.2, -0.15) is 0 Å². The third kappa shape index (κ3) is 3.05. The van der Waals surface area contributed by atoms with Gasteiger partial charge in [-0.05, 0) is 33.0 Å². The van der Waals surface area contributed by atoms with Crippen LogP contribution in [0.3, 0.4) is 0 Å². The molecule has 0 spiro atoms. The molecule has 1 aromatic carbocycles. The summed E-state index contributed by atoms with van der Waals surface area (Å²) in [7, 11) is 5.64. The molecular weight excluding hydrogens is 269 g/mol. The van der Waals surface area contributed by atoms with Crippen LogP contribution in [-0.2, 0) is 0 Å². The van der Waals surface area contributed by atoms with Crippen molar-refractivity contribution in [3.63, 3.8) is 0 Å². The van der Waals surface area contributed by atoms with Gasteiger partial charge in [-0.25, -0.2) is 4.39 Å². The van der Waals surface area contributed by atoms with Gasteiger partial charge in [-0.3, -0.25) is 11.3 Å². The second kappa shape index (κ2) is 6.73. The molecule has 0 heterocycles. The van der Waals surface area contributed by atoms with Crippen molar-refractivity contribution in [3.05, 3.63) is 29.6 Å². The van der Waals surface area contributed by atoms with E-state index in [1.54, 1.807) is 12.1 Å². The van der Waals surface area contributed by atoms with Crippen molar-refractivity contribution in [1.29, 1.82) is 0 Å². The van der Waals surface area contributed by atoms with Crippen molar-refractivity contribution >= 4 is 0 Å². The molecule has 21 heavy (non-hydrogen) atoms. The van der Waals surface area contributed by atoms with Crippen LogP contribution in [0.25, 0.3) is 0 Å². The lowest BCUT2D eigenvalue weighted by Crippen LogP contribution is -2.56. The smallest absolute Gasteiger partial charge is 0.131 e. The summed E-state index contributed by atoms with van der Waals surface area (Å²) in [4.78, 5) is 2.19. The first-order chi connectivity index (χ1) is 10.0. The van der Waals surface area contributed by atoms with Crippen LogP contribution in [0.2, 0.25) is 0 Å². The summed E-state index contributed by atoms with van der Waals surface area (Å²) < 4.78 is 19.5. The number of hydrogen-bond donors (Lipinski definition) is 2. The molecule has 0 bridgehead atoms. The lowest BCUT2D eigenvalue weighted by Gasteiger charge is -2.48. The Morgan fingerprint density at radius 2 is 1.95 bits per heavy atom. The molecular formula is C16H26FN3O. The third-order valence-electron chi connectivity index (χ3n) is 4.83. The van der Waals surface area contributed by atoms with E-state index in [1.165, 1.54) is 19.6 Å². The predicted molar refractivity (Wildman–Crippen MR) is 82.5 cm³/mol. The third-order valence-corrected chi connectivity index (χ3v) is 4.83. The van der Waals surface area contributed by atoms with Gasteiger partial charge in [-0.1, -0.05) is 25.3 Å². The maximum atomic E-state index is 14.5. The molecule has 0 aliphatic heterocycles. The standard InChI is InChI=1S/C16H26FN3O/c1-20(2)16(9-5-4-6-10-16)15(19-18)13-8-7-12(21-3)11-14(13)17/h7-8,11,15,19H,4-6,9-10,18H2,1-3H3. The summed E-state index contributed by atoms with van der Waals surface area (Å²) in [6, 6.07) is 4.75. The van der Waals surface area contributed by atoms with Crippen LogP contribution >= 0.6 is 0 Å². The van der Waals surface area contributed by atoms with Crippen LogP contribution in [0, 0.1) is 5.82 Å². The second-order valence-corrected chi connectivity index (χ2v) is 6.05. The SMILES string of the molecule is COc1ccc(C(NN)C2(N(C)C)CCCCC2)c(F)c1. The van der Waals surface area contributed by atoms with E-state index in [9.17, 15) is 4.39 Å². The molecule has 1 unspecified atom stereocenters. The van der Waals surface area contributed by atoms with Crippen LogP contribution in [-0.4, -0.2) is 31.6 Å². The highest BCUT2D eigenvalue weighted by Gasteiger charge is 2.43. The van der Waals surface area contributed by atoms with Crippen LogP contribution in [0.15, 0.2) is 18.2 Å². The lowest BCUT2D eigenvalue weighted by molar-refractivity contribution is 0.0550. The fourth-order valence-corrected chi connectivity index (χ4v) is 3.56. The summed E-state index contributed by atoms with van der Waals surface area (Å²) in [5.74, 6) is 6.07. The molecule has 3 N–H and O–H groups in total. The zero-order chi connectivity index (χ0) is 15.5. The number of hydrogen-bond acceptors (Lipinski definition) is 4. The van der Waals surface area contributed by atoms with Gasteiger partial charge in [0.25, 0.3) is 0 Å². The van der Waals surface area contributed by atoms with E-state index >= 15 is 0 Å². The topological polar surface area (TPSA) is 50.5 Å². The highest BCUT2D eigenvalue weighted by atomic mass is 19.1. The van der Waals surface area contributed by atoms with Gasteiger partial charge in [0.2, 0.25) is 0 Å². The van der Waals surface area contributed by atoms with E-state index in [0.717, 1.165) is 25.7 Å². The monoisotopic (exact) mass is 295 g/mol. The van der Waals surface area contributed by atoms with Crippen molar-refractivity contribution in [2.24, 2.45) is 5.84 Å². The number of halogens is 1. The van der Waals surface area contributed by atoms with Crippen LogP contribution in [0.5, 0.6) is 5.75 Å². The van der Waals surface area contributed by atoms with Gasteiger partial charge in [0, 0.05) is 17.2 Å². The Morgan fingerprint density at radius 3 is 2.43 bits per heavy atom. The van der Waals surface area contributed by atoms with Crippen molar-refractivity contribution < 1.29 is 9.13 Å². The molecule has 1 atom stereocenters. The fourth-order valence-electron chi connectivity index (χ4n) is 3.56. The summed E-state index contributed by atoms with van der Waals surface area (Å²) >= 11 is 0. The number of likely N-dealkylation sites (N-methyl/N-ethyl adjacent to an activating group) is 1. The van der Waals surface area contributed by atoms with Gasteiger partial charge in [0.05, 0.1) is 13.2 Å². The van der Waals surface area contributed by atoms with Gasteiger partial charge in [-0.15, -0.1) is 0 Å². The Bertz CT molecular complexity index is 473. The molecule has 1 aliphatic carbocycles. The zero-order valence-electron chi connectivity index (χ0n) is 13.2. The lowest BCUT2D eigenvalue weighted by atomic mass is 9.73. The molecule has 4 nitrogen and oxygen atoms in total. The number of nitrogens with one attached hydrogen (secondary N) is 1. The van der Waals surface area contributed by atoms with Gasteiger partial charge < -0.3 is 9.64 Å². The number of nitrogens with zero attached hydrogens (tertiary/aromatic N) is 1. The molecule has 1 saturated carbocycles. The summed E-state index contributed by atoms with van der Waals surface area (Å²) in [5, 5.41) is 0. The predicted octanol–water partition coefficient (Wildman–Crippen LogP) is 2.60. The minimum atomic E-state index is -0.274. The van der Waals surface area contributed by atoms with Gasteiger partial charge >= 0.3 is 0 Å².